The molecule has 1 saturated heterocycles. The minimum atomic E-state index is -1.31. The van der Waals surface area contributed by atoms with E-state index in [1.165, 1.54) is 4.90 Å². The Kier molecular flexibility index (Phi) is 9.19. The van der Waals surface area contributed by atoms with Crippen LogP contribution < -0.4 is 16.4 Å². The van der Waals surface area contributed by atoms with Crippen LogP contribution in [0.1, 0.15) is 12.8 Å². The average molecular weight is 409 g/mol. The third-order valence-electron chi connectivity index (χ3n) is 3.97. The summed E-state index contributed by atoms with van der Waals surface area (Å²) in [6, 6.07) is -4.29. The molecule has 0 aromatic rings. The first kappa shape index (κ1) is 22.5. The van der Waals surface area contributed by atoms with E-state index in [1.807, 2.05) is 0 Å². The van der Waals surface area contributed by atoms with Crippen molar-refractivity contribution in [3.63, 3.8) is 0 Å². The van der Waals surface area contributed by atoms with Crippen LogP contribution in [0.2, 0.25) is 0 Å². The van der Waals surface area contributed by atoms with E-state index in [4.69, 9.17) is 5.73 Å². The molecule has 148 valence electrons. The molecule has 0 aliphatic carbocycles. The number of aliphatic carboxylic acids is 1. The molecule has 1 aliphatic heterocycles. The van der Waals surface area contributed by atoms with Crippen LogP contribution in [-0.2, 0) is 19.2 Å². The lowest BCUT2D eigenvalue weighted by Gasteiger charge is -2.27. The number of hydrogen-bond acceptors (Lipinski definition) is 8. The van der Waals surface area contributed by atoms with Crippen molar-refractivity contribution >= 4 is 48.9 Å². The molecule has 1 aliphatic rings. The topological polar surface area (TPSA) is 162 Å². The van der Waals surface area contributed by atoms with Gasteiger partial charge in [0.15, 0.2) is 0 Å². The molecule has 1 heterocycles. The first-order chi connectivity index (χ1) is 12.3. The van der Waals surface area contributed by atoms with Crippen LogP contribution in [0.3, 0.4) is 0 Å². The molecule has 1 fully saturated rings. The highest BCUT2D eigenvalue weighted by atomic mass is 32.1. The zero-order chi connectivity index (χ0) is 19.9. The Morgan fingerprint density at radius 2 is 1.73 bits per heavy atom. The number of nitrogens with two attached hydrogens (primary N) is 1. The molecule has 0 bridgehead atoms. The molecule has 0 aromatic carbocycles. The van der Waals surface area contributed by atoms with Crippen molar-refractivity contribution in [2.24, 2.45) is 5.73 Å². The second-order valence-corrected chi connectivity index (χ2v) is 6.53. The summed E-state index contributed by atoms with van der Waals surface area (Å²) in [5, 5.41) is 23.1. The summed E-state index contributed by atoms with van der Waals surface area (Å²) in [4.78, 5) is 48.9. The number of carbonyl (C=O) groups excluding carboxylic acids is 3. The van der Waals surface area contributed by atoms with Gasteiger partial charge in [-0.1, -0.05) is 0 Å². The van der Waals surface area contributed by atoms with E-state index >= 15 is 0 Å². The second-order valence-electron chi connectivity index (χ2n) is 5.80. The highest BCUT2D eigenvalue weighted by molar-refractivity contribution is 7.80. The van der Waals surface area contributed by atoms with Crippen molar-refractivity contribution in [1.29, 1.82) is 0 Å². The van der Waals surface area contributed by atoms with E-state index in [1.54, 1.807) is 0 Å². The number of hydrogen-bond donors (Lipinski definition) is 7. The van der Waals surface area contributed by atoms with E-state index in [-0.39, 0.29) is 18.1 Å². The second kappa shape index (κ2) is 10.6. The van der Waals surface area contributed by atoms with Crippen LogP contribution in [0.5, 0.6) is 0 Å². The van der Waals surface area contributed by atoms with E-state index in [2.05, 4.69) is 35.9 Å². The van der Waals surface area contributed by atoms with Crippen molar-refractivity contribution in [2.45, 2.75) is 37.0 Å². The molecule has 10 nitrogen and oxygen atoms in total. The van der Waals surface area contributed by atoms with Gasteiger partial charge in [-0.25, -0.2) is 4.79 Å². The van der Waals surface area contributed by atoms with Crippen molar-refractivity contribution in [1.82, 2.24) is 15.5 Å². The number of nitrogens with zero attached hydrogens (tertiary/aromatic N) is 1. The lowest BCUT2D eigenvalue weighted by Crippen LogP contribution is -2.58. The van der Waals surface area contributed by atoms with Crippen molar-refractivity contribution in [2.75, 3.05) is 24.7 Å². The third-order valence-corrected chi connectivity index (χ3v) is 4.73. The summed E-state index contributed by atoms with van der Waals surface area (Å²) >= 11 is 7.90. The van der Waals surface area contributed by atoms with Gasteiger partial charge >= 0.3 is 5.97 Å². The van der Waals surface area contributed by atoms with Crippen molar-refractivity contribution in [3.05, 3.63) is 0 Å². The van der Waals surface area contributed by atoms with Gasteiger partial charge in [0.25, 0.3) is 0 Å². The minimum absolute atomic E-state index is 0.0505. The zero-order valence-electron chi connectivity index (χ0n) is 14.0. The van der Waals surface area contributed by atoms with Crippen LogP contribution in [0.4, 0.5) is 0 Å². The fraction of sp³-hybridized carbons (Fsp3) is 0.714. The van der Waals surface area contributed by atoms with Crippen LogP contribution in [0.15, 0.2) is 0 Å². The van der Waals surface area contributed by atoms with Gasteiger partial charge in [-0.3, -0.25) is 14.4 Å². The third kappa shape index (κ3) is 5.76. The first-order valence-corrected chi connectivity index (χ1v) is 9.25. The molecule has 0 aromatic heterocycles. The maximum absolute atomic E-state index is 12.5. The molecular weight excluding hydrogens is 384 g/mol. The van der Waals surface area contributed by atoms with Gasteiger partial charge < -0.3 is 31.5 Å². The Balaban J connectivity index is 2.75. The zero-order valence-corrected chi connectivity index (χ0v) is 15.8. The van der Waals surface area contributed by atoms with Crippen LogP contribution in [0, 0.1) is 0 Å². The fourth-order valence-corrected chi connectivity index (χ4v) is 2.91. The molecule has 0 spiro atoms. The van der Waals surface area contributed by atoms with Gasteiger partial charge in [-0.05, 0) is 12.8 Å². The predicted molar refractivity (Wildman–Crippen MR) is 99.0 cm³/mol. The number of aliphatic hydroxyl groups is 1. The average Bonchev–Trinajstić information content (AvgIpc) is 3.12. The van der Waals surface area contributed by atoms with E-state index < -0.39 is 54.5 Å². The Bertz CT molecular complexity index is 550. The maximum Gasteiger partial charge on any atom is 0.326 e. The van der Waals surface area contributed by atoms with Gasteiger partial charge in [0.1, 0.15) is 18.1 Å². The summed E-state index contributed by atoms with van der Waals surface area (Å²) in [5.41, 5.74) is 5.49. The molecule has 1 rings (SSSR count). The monoisotopic (exact) mass is 408 g/mol. The number of amides is 3. The number of carboxylic acid groups (broad SMARTS) is 1. The highest BCUT2D eigenvalue weighted by Gasteiger charge is 2.37. The number of likely N-dealkylation sites (tertiary alicyclic amines) is 1. The predicted octanol–water partition coefficient (Wildman–Crippen LogP) is -2.79. The molecule has 0 radical (unpaired) electrons. The van der Waals surface area contributed by atoms with Gasteiger partial charge in [0.2, 0.25) is 17.7 Å². The summed E-state index contributed by atoms with van der Waals surface area (Å²) in [6.07, 6.45) is 0.887. The molecule has 3 amide bonds. The van der Waals surface area contributed by atoms with Crippen LogP contribution >= 0.6 is 25.3 Å². The largest absolute Gasteiger partial charge is 0.480 e. The highest BCUT2D eigenvalue weighted by Crippen LogP contribution is 2.18. The molecule has 4 unspecified atom stereocenters. The lowest BCUT2D eigenvalue weighted by atomic mass is 10.2. The van der Waals surface area contributed by atoms with Crippen LogP contribution in [0.25, 0.3) is 0 Å². The molecule has 6 N–H and O–H groups in total. The number of nitrogens with one attached hydrogen (secondary N) is 2. The van der Waals surface area contributed by atoms with Gasteiger partial charge in [0, 0.05) is 18.1 Å². The molecule has 26 heavy (non-hydrogen) atoms. The summed E-state index contributed by atoms with van der Waals surface area (Å²) in [7, 11) is 0. The fourth-order valence-electron chi connectivity index (χ4n) is 2.50. The Hall–Kier alpha value is -1.50. The van der Waals surface area contributed by atoms with E-state index in [0.717, 1.165) is 0 Å². The lowest BCUT2D eigenvalue weighted by molar-refractivity contribution is -0.149. The van der Waals surface area contributed by atoms with Crippen LogP contribution in [-0.4, -0.2) is 87.6 Å². The smallest absolute Gasteiger partial charge is 0.326 e. The minimum Gasteiger partial charge on any atom is -0.480 e. The Morgan fingerprint density at radius 3 is 2.23 bits per heavy atom. The van der Waals surface area contributed by atoms with Crippen molar-refractivity contribution in [3.8, 4) is 0 Å². The Morgan fingerprint density at radius 1 is 1.12 bits per heavy atom. The van der Waals surface area contributed by atoms with Gasteiger partial charge in [0.05, 0.1) is 12.6 Å². The summed E-state index contributed by atoms with van der Waals surface area (Å²) in [5.74, 6) is -3.18. The number of rotatable bonds is 9. The SMILES string of the molecule is NC(CS)C(=O)NC(CO)C(=O)NC(CS)C(=O)N1CCCC1C(=O)O. The summed E-state index contributed by atoms with van der Waals surface area (Å²) < 4.78 is 0. The van der Waals surface area contributed by atoms with E-state index in [9.17, 15) is 29.4 Å². The molecular formula is C14H24N4O6S2. The summed E-state index contributed by atoms with van der Waals surface area (Å²) in [6.45, 7) is -0.432. The maximum atomic E-state index is 12.5. The molecule has 4 atom stereocenters. The molecule has 12 heteroatoms. The van der Waals surface area contributed by atoms with Crippen molar-refractivity contribution < 1.29 is 29.4 Å². The first-order valence-electron chi connectivity index (χ1n) is 7.99. The Labute approximate surface area is 161 Å². The van der Waals surface area contributed by atoms with E-state index in [0.29, 0.717) is 12.8 Å². The van der Waals surface area contributed by atoms with Gasteiger partial charge in [-0.15, -0.1) is 0 Å². The quantitative estimate of drug-likeness (QED) is 0.203. The number of carbonyl (C=O) groups is 4. The number of thiol groups is 2. The van der Waals surface area contributed by atoms with Gasteiger partial charge in [-0.2, -0.15) is 25.3 Å². The number of aliphatic hydroxyl groups excluding tert-OH is 1. The molecule has 0 saturated carbocycles. The standard InChI is InChI=1S/C14H24N4O6S2/c15-7(5-25)11(20)16-8(4-19)12(21)17-9(6-26)13(22)18-3-1-2-10(18)14(23)24/h7-10,19,25-26H,1-6,15H2,(H,16,20)(H,17,21)(H,23,24). The normalized spacial score (nSPS) is 20.2. The number of carboxylic acids is 1.